The van der Waals surface area contributed by atoms with Crippen LogP contribution < -0.4 is 19.5 Å². The van der Waals surface area contributed by atoms with E-state index in [2.05, 4.69) is 10.2 Å². The quantitative estimate of drug-likeness (QED) is 0.743. The molecule has 2 aromatic rings. The topological polar surface area (TPSA) is 43.0 Å². The molecule has 152 valence electrons. The van der Waals surface area contributed by atoms with E-state index in [1.165, 1.54) is 0 Å². The molecule has 3 rings (SSSR count). The molecule has 1 atom stereocenters. The summed E-state index contributed by atoms with van der Waals surface area (Å²) in [6.07, 6.45) is 1.07. The van der Waals surface area contributed by atoms with Crippen LogP contribution in [0, 0.1) is 0 Å². The molecule has 1 N–H and O–H groups in total. The molecule has 0 aromatic heterocycles. The first kappa shape index (κ1) is 21.1. The molecule has 1 unspecified atom stereocenters. The average molecular weight is 425 g/mol. The minimum atomic E-state index is -0.0108. The number of halogens is 2. The van der Waals surface area contributed by atoms with Gasteiger partial charge in [0.15, 0.2) is 11.5 Å². The van der Waals surface area contributed by atoms with Gasteiger partial charge in [-0.25, -0.2) is 0 Å². The lowest BCUT2D eigenvalue weighted by Crippen LogP contribution is -2.33. The molecule has 0 radical (unpaired) electrons. The molecule has 1 saturated heterocycles. The zero-order chi connectivity index (χ0) is 20.1. The number of nitrogens with zero attached hydrogens (tertiary/aromatic N) is 1. The Morgan fingerprint density at radius 2 is 1.57 bits per heavy atom. The minimum Gasteiger partial charge on any atom is -0.493 e. The highest BCUT2D eigenvalue weighted by Gasteiger charge is 2.26. The van der Waals surface area contributed by atoms with Gasteiger partial charge >= 0.3 is 0 Å². The van der Waals surface area contributed by atoms with Crippen molar-refractivity contribution in [2.45, 2.75) is 12.5 Å². The van der Waals surface area contributed by atoms with E-state index in [-0.39, 0.29) is 6.04 Å². The molecular formula is C21H26Cl2N2O3. The molecule has 1 aliphatic rings. The largest absolute Gasteiger partial charge is 0.493 e. The Bertz CT molecular complexity index is 783. The second-order valence-electron chi connectivity index (χ2n) is 6.67. The number of methoxy groups -OCH3 is 3. The van der Waals surface area contributed by atoms with Crippen LogP contribution in [0.4, 0.5) is 0 Å². The fraction of sp³-hybridized carbons (Fsp3) is 0.429. The van der Waals surface area contributed by atoms with Crippen molar-refractivity contribution >= 4 is 23.2 Å². The fourth-order valence-electron chi connectivity index (χ4n) is 3.68. The molecule has 1 fully saturated rings. The van der Waals surface area contributed by atoms with Crippen molar-refractivity contribution in [1.29, 1.82) is 0 Å². The van der Waals surface area contributed by atoms with E-state index in [9.17, 15) is 0 Å². The SMILES string of the molecule is COc1cc(C(c2ccc(Cl)c(Cl)c2)N2CCCNCC2)cc(OC)c1OC. The van der Waals surface area contributed by atoms with Gasteiger partial charge in [0.05, 0.1) is 37.4 Å². The third kappa shape index (κ3) is 4.49. The summed E-state index contributed by atoms with van der Waals surface area (Å²) >= 11 is 12.5. The van der Waals surface area contributed by atoms with Crippen molar-refractivity contribution in [1.82, 2.24) is 10.2 Å². The van der Waals surface area contributed by atoms with Crippen LogP contribution in [0.15, 0.2) is 30.3 Å². The van der Waals surface area contributed by atoms with Crippen molar-refractivity contribution in [3.05, 3.63) is 51.5 Å². The van der Waals surface area contributed by atoms with Crippen LogP contribution in [0.3, 0.4) is 0 Å². The standard InChI is InChI=1S/C21H26Cl2N2O3/c1-26-18-12-15(13-19(27-2)21(18)28-3)20(25-9-4-7-24-8-10-25)14-5-6-16(22)17(23)11-14/h5-6,11-13,20,24H,4,7-10H2,1-3H3. The van der Waals surface area contributed by atoms with E-state index >= 15 is 0 Å². The number of benzene rings is 2. The van der Waals surface area contributed by atoms with Crippen LogP contribution in [-0.2, 0) is 0 Å². The van der Waals surface area contributed by atoms with Gasteiger partial charge in [-0.3, -0.25) is 4.90 Å². The number of ether oxygens (including phenoxy) is 3. The van der Waals surface area contributed by atoms with E-state index in [0.717, 1.165) is 43.7 Å². The van der Waals surface area contributed by atoms with Gasteiger partial charge in [0.1, 0.15) is 0 Å². The predicted molar refractivity (Wildman–Crippen MR) is 113 cm³/mol. The Kier molecular flexibility index (Phi) is 7.30. The van der Waals surface area contributed by atoms with Gasteiger partial charge in [-0.2, -0.15) is 0 Å². The lowest BCUT2D eigenvalue weighted by Gasteiger charge is -2.32. The van der Waals surface area contributed by atoms with Crippen LogP contribution in [-0.4, -0.2) is 52.4 Å². The Balaban J connectivity index is 2.13. The van der Waals surface area contributed by atoms with Crippen LogP contribution in [0.2, 0.25) is 10.0 Å². The first-order valence-corrected chi connectivity index (χ1v) is 10.0. The number of rotatable bonds is 6. The number of hydrogen-bond donors (Lipinski definition) is 1. The normalized spacial score (nSPS) is 16.3. The van der Waals surface area contributed by atoms with Gasteiger partial charge in [-0.05, 0) is 48.4 Å². The summed E-state index contributed by atoms with van der Waals surface area (Å²) in [5.74, 6) is 1.85. The van der Waals surface area contributed by atoms with Gasteiger partial charge < -0.3 is 19.5 Å². The fourth-order valence-corrected chi connectivity index (χ4v) is 3.99. The van der Waals surface area contributed by atoms with Gasteiger partial charge in [-0.15, -0.1) is 0 Å². The van der Waals surface area contributed by atoms with Gasteiger partial charge in [0, 0.05) is 19.6 Å². The van der Waals surface area contributed by atoms with Crippen LogP contribution in [0.1, 0.15) is 23.6 Å². The molecule has 0 aliphatic carbocycles. The highest BCUT2D eigenvalue weighted by molar-refractivity contribution is 6.42. The highest BCUT2D eigenvalue weighted by Crippen LogP contribution is 2.42. The second kappa shape index (κ2) is 9.70. The first-order valence-electron chi connectivity index (χ1n) is 9.28. The summed E-state index contributed by atoms with van der Waals surface area (Å²) in [5.41, 5.74) is 2.13. The maximum Gasteiger partial charge on any atom is 0.203 e. The van der Waals surface area contributed by atoms with Crippen LogP contribution in [0.5, 0.6) is 17.2 Å². The smallest absolute Gasteiger partial charge is 0.203 e. The summed E-state index contributed by atoms with van der Waals surface area (Å²) in [5, 5.41) is 4.55. The van der Waals surface area contributed by atoms with E-state index < -0.39 is 0 Å². The zero-order valence-electron chi connectivity index (χ0n) is 16.4. The molecular weight excluding hydrogens is 399 g/mol. The molecule has 7 heteroatoms. The molecule has 1 heterocycles. The Morgan fingerprint density at radius 1 is 0.857 bits per heavy atom. The summed E-state index contributed by atoms with van der Waals surface area (Å²) in [4.78, 5) is 2.44. The third-order valence-corrected chi connectivity index (χ3v) is 5.74. The van der Waals surface area contributed by atoms with Gasteiger partial charge in [0.25, 0.3) is 0 Å². The van der Waals surface area contributed by atoms with Crippen molar-refractivity contribution in [3.63, 3.8) is 0 Å². The highest BCUT2D eigenvalue weighted by atomic mass is 35.5. The second-order valence-corrected chi connectivity index (χ2v) is 7.49. The first-order chi connectivity index (χ1) is 13.6. The summed E-state index contributed by atoms with van der Waals surface area (Å²) < 4.78 is 16.6. The molecule has 1 aliphatic heterocycles. The molecule has 5 nitrogen and oxygen atoms in total. The molecule has 0 amide bonds. The molecule has 0 spiro atoms. The van der Waals surface area contributed by atoms with E-state index in [4.69, 9.17) is 37.4 Å². The Morgan fingerprint density at radius 3 is 2.18 bits per heavy atom. The summed E-state index contributed by atoms with van der Waals surface area (Å²) in [6, 6.07) is 9.82. The minimum absolute atomic E-state index is 0.0108. The summed E-state index contributed by atoms with van der Waals surface area (Å²) in [7, 11) is 4.87. The van der Waals surface area contributed by atoms with Crippen molar-refractivity contribution in [2.24, 2.45) is 0 Å². The van der Waals surface area contributed by atoms with E-state index in [0.29, 0.717) is 27.3 Å². The number of nitrogens with one attached hydrogen (secondary N) is 1. The van der Waals surface area contributed by atoms with Crippen molar-refractivity contribution in [3.8, 4) is 17.2 Å². The average Bonchev–Trinajstić information content (AvgIpc) is 2.99. The molecule has 28 heavy (non-hydrogen) atoms. The predicted octanol–water partition coefficient (Wildman–Crippen LogP) is 4.40. The van der Waals surface area contributed by atoms with E-state index in [1.807, 2.05) is 30.3 Å². The Hall–Kier alpha value is -1.66. The third-order valence-electron chi connectivity index (χ3n) is 5.00. The van der Waals surface area contributed by atoms with Gasteiger partial charge in [0.2, 0.25) is 5.75 Å². The summed E-state index contributed by atoms with van der Waals surface area (Å²) in [6.45, 7) is 3.83. The zero-order valence-corrected chi connectivity index (χ0v) is 17.9. The maximum atomic E-state index is 6.35. The lowest BCUT2D eigenvalue weighted by molar-refractivity contribution is 0.239. The lowest BCUT2D eigenvalue weighted by atomic mass is 9.96. The maximum absolute atomic E-state index is 6.35. The number of hydrogen-bond acceptors (Lipinski definition) is 5. The Labute approximate surface area is 176 Å². The molecule has 0 saturated carbocycles. The van der Waals surface area contributed by atoms with Crippen molar-refractivity contribution < 1.29 is 14.2 Å². The van der Waals surface area contributed by atoms with Crippen LogP contribution in [0.25, 0.3) is 0 Å². The monoisotopic (exact) mass is 424 g/mol. The molecule has 0 bridgehead atoms. The van der Waals surface area contributed by atoms with Gasteiger partial charge in [-0.1, -0.05) is 29.3 Å². The van der Waals surface area contributed by atoms with Crippen molar-refractivity contribution in [2.75, 3.05) is 47.5 Å². The van der Waals surface area contributed by atoms with Crippen LogP contribution >= 0.6 is 23.2 Å². The van der Waals surface area contributed by atoms with E-state index in [1.54, 1.807) is 21.3 Å². The molecule has 2 aromatic carbocycles.